The standard InChI is InChI=1S/C18H19FN2O3/c19-14-3-1-13(2-4-14)12-20-15-5-6-17(16(11-15)18(22)23)21-7-9-24-10-8-21/h1-6,11,20H,7-10,12H2,(H,22,23)/p-1. The first-order chi connectivity index (χ1) is 11.6. The molecule has 1 saturated heterocycles. The molecule has 1 heterocycles. The lowest BCUT2D eigenvalue weighted by molar-refractivity contribution is -0.254. The van der Waals surface area contributed by atoms with Gasteiger partial charge in [0.1, 0.15) is 5.82 Å². The minimum atomic E-state index is -1.21. The summed E-state index contributed by atoms with van der Waals surface area (Å²) in [7, 11) is 0. The molecule has 0 bridgehead atoms. The minimum absolute atomic E-state index is 0.154. The Kier molecular flexibility index (Phi) is 4.96. The third kappa shape index (κ3) is 3.83. The number of halogens is 1. The quantitative estimate of drug-likeness (QED) is 0.903. The fourth-order valence-electron chi connectivity index (χ4n) is 2.70. The van der Waals surface area contributed by atoms with Crippen LogP contribution >= 0.6 is 0 Å². The maximum absolute atomic E-state index is 12.9. The third-order valence-corrected chi connectivity index (χ3v) is 3.98. The lowest BCUT2D eigenvalue weighted by Gasteiger charge is -2.31. The van der Waals surface area contributed by atoms with Gasteiger partial charge in [-0.15, -0.1) is 0 Å². The van der Waals surface area contributed by atoms with Crippen LogP contribution in [-0.4, -0.2) is 32.3 Å². The molecule has 0 aliphatic carbocycles. The van der Waals surface area contributed by atoms with E-state index in [2.05, 4.69) is 5.32 Å². The number of morpholine rings is 1. The molecular weight excluding hydrogens is 311 g/mol. The van der Waals surface area contributed by atoms with Gasteiger partial charge >= 0.3 is 0 Å². The third-order valence-electron chi connectivity index (χ3n) is 3.98. The Labute approximate surface area is 139 Å². The molecule has 0 spiro atoms. The van der Waals surface area contributed by atoms with E-state index in [4.69, 9.17) is 4.74 Å². The fraction of sp³-hybridized carbons (Fsp3) is 0.278. The number of carbonyl (C=O) groups excluding carboxylic acids is 1. The number of carboxylic acid groups (broad SMARTS) is 1. The number of ether oxygens (including phenoxy) is 1. The maximum Gasteiger partial charge on any atom is 0.123 e. The van der Waals surface area contributed by atoms with Crippen molar-refractivity contribution in [1.82, 2.24) is 0 Å². The lowest BCUT2D eigenvalue weighted by atomic mass is 10.1. The van der Waals surface area contributed by atoms with Crippen LogP contribution in [0.5, 0.6) is 0 Å². The molecule has 0 radical (unpaired) electrons. The topological polar surface area (TPSA) is 64.6 Å². The van der Waals surface area contributed by atoms with Gasteiger partial charge in [0, 0.05) is 36.6 Å². The molecule has 2 aromatic rings. The Morgan fingerprint density at radius 1 is 1.17 bits per heavy atom. The fourth-order valence-corrected chi connectivity index (χ4v) is 2.70. The van der Waals surface area contributed by atoms with Crippen molar-refractivity contribution >= 4 is 17.3 Å². The van der Waals surface area contributed by atoms with Crippen LogP contribution in [0.2, 0.25) is 0 Å². The minimum Gasteiger partial charge on any atom is -0.545 e. The monoisotopic (exact) mass is 329 g/mol. The van der Waals surface area contributed by atoms with Gasteiger partial charge in [-0.25, -0.2) is 4.39 Å². The molecule has 2 aromatic carbocycles. The average Bonchev–Trinajstić information content (AvgIpc) is 2.62. The van der Waals surface area contributed by atoms with Gasteiger partial charge in [-0.1, -0.05) is 12.1 Å². The molecule has 0 saturated carbocycles. The van der Waals surface area contributed by atoms with E-state index in [1.54, 1.807) is 24.3 Å². The van der Waals surface area contributed by atoms with E-state index in [0.717, 1.165) is 5.56 Å². The van der Waals surface area contributed by atoms with Crippen LogP contribution < -0.4 is 15.3 Å². The highest BCUT2D eigenvalue weighted by atomic mass is 19.1. The number of hydrogen-bond acceptors (Lipinski definition) is 5. The molecule has 1 aliphatic rings. The molecule has 1 fully saturated rings. The Hall–Kier alpha value is -2.60. The molecule has 6 heteroatoms. The second-order valence-electron chi connectivity index (χ2n) is 5.60. The summed E-state index contributed by atoms with van der Waals surface area (Å²) in [5, 5.41) is 14.6. The first-order valence-electron chi connectivity index (χ1n) is 7.80. The Balaban J connectivity index is 1.75. The van der Waals surface area contributed by atoms with Crippen LogP contribution in [0.3, 0.4) is 0 Å². The first kappa shape index (κ1) is 16.3. The van der Waals surface area contributed by atoms with E-state index < -0.39 is 5.97 Å². The van der Waals surface area contributed by atoms with Crippen LogP contribution in [0.15, 0.2) is 42.5 Å². The second-order valence-corrected chi connectivity index (χ2v) is 5.60. The molecular formula is C18H18FN2O3-. The molecule has 0 aromatic heterocycles. The number of nitrogens with one attached hydrogen (secondary N) is 1. The van der Waals surface area contributed by atoms with E-state index in [0.29, 0.717) is 44.2 Å². The summed E-state index contributed by atoms with van der Waals surface area (Å²) >= 11 is 0. The summed E-state index contributed by atoms with van der Waals surface area (Å²) in [5.41, 5.74) is 2.38. The maximum atomic E-state index is 12.9. The number of aromatic carboxylic acids is 1. The van der Waals surface area contributed by atoms with Crippen molar-refractivity contribution in [2.24, 2.45) is 0 Å². The van der Waals surface area contributed by atoms with Gasteiger partial charge in [0.15, 0.2) is 0 Å². The number of rotatable bonds is 5. The Morgan fingerprint density at radius 3 is 2.54 bits per heavy atom. The Morgan fingerprint density at radius 2 is 1.88 bits per heavy atom. The Bertz CT molecular complexity index is 713. The molecule has 126 valence electrons. The SMILES string of the molecule is O=C([O-])c1cc(NCc2ccc(F)cc2)ccc1N1CCOCC1. The van der Waals surface area contributed by atoms with Gasteiger partial charge in [-0.2, -0.15) is 0 Å². The lowest BCUT2D eigenvalue weighted by Crippen LogP contribution is -2.38. The summed E-state index contributed by atoms with van der Waals surface area (Å²) < 4.78 is 18.2. The zero-order valence-electron chi connectivity index (χ0n) is 13.1. The summed E-state index contributed by atoms with van der Waals surface area (Å²) in [5.74, 6) is -1.49. The van der Waals surface area contributed by atoms with E-state index in [1.807, 2.05) is 11.0 Å². The first-order valence-corrected chi connectivity index (χ1v) is 7.80. The number of anilines is 2. The molecule has 24 heavy (non-hydrogen) atoms. The highest BCUT2D eigenvalue weighted by Gasteiger charge is 2.15. The molecule has 1 N–H and O–H groups in total. The highest BCUT2D eigenvalue weighted by molar-refractivity contribution is 5.94. The van der Waals surface area contributed by atoms with Crippen molar-refractivity contribution in [2.45, 2.75) is 6.54 Å². The largest absolute Gasteiger partial charge is 0.545 e. The number of nitrogens with zero attached hydrogens (tertiary/aromatic N) is 1. The zero-order chi connectivity index (χ0) is 16.9. The highest BCUT2D eigenvalue weighted by Crippen LogP contribution is 2.25. The molecule has 5 nitrogen and oxygen atoms in total. The van der Waals surface area contributed by atoms with Crippen molar-refractivity contribution in [2.75, 3.05) is 36.5 Å². The summed E-state index contributed by atoms with van der Waals surface area (Å²) in [6, 6.07) is 11.3. The van der Waals surface area contributed by atoms with Crippen LogP contribution in [0.1, 0.15) is 15.9 Å². The van der Waals surface area contributed by atoms with Gasteiger partial charge in [0.25, 0.3) is 0 Å². The predicted octanol–water partition coefficient (Wildman–Crippen LogP) is 1.64. The molecule has 0 amide bonds. The van der Waals surface area contributed by atoms with E-state index in [1.165, 1.54) is 12.1 Å². The van der Waals surface area contributed by atoms with Gasteiger partial charge in [-0.05, 0) is 35.9 Å². The van der Waals surface area contributed by atoms with Crippen molar-refractivity contribution in [3.63, 3.8) is 0 Å². The molecule has 0 atom stereocenters. The van der Waals surface area contributed by atoms with Crippen molar-refractivity contribution < 1.29 is 19.0 Å². The van der Waals surface area contributed by atoms with Crippen molar-refractivity contribution in [1.29, 1.82) is 0 Å². The predicted molar refractivity (Wildman–Crippen MR) is 87.5 cm³/mol. The van der Waals surface area contributed by atoms with Crippen LogP contribution in [-0.2, 0) is 11.3 Å². The van der Waals surface area contributed by atoms with E-state index >= 15 is 0 Å². The van der Waals surface area contributed by atoms with Crippen LogP contribution in [0.4, 0.5) is 15.8 Å². The van der Waals surface area contributed by atoms with Gasteiger partial charge in [0.05, 0.1) is 19.2 Å². The number of carboxylic acids is 1. The summed E-state index contributed by atoms with van der Waals surface area (Å²) in [6.07, 6.45) is 0. The van der Waals surface area contributed by atoms with E-state index in [9.17, 15) is 14.3 Å². The van der Waals surface area contributed by atoms with E-state index in [-0.39, 0.29) is 11.4 Å². The van der Waals surface area contributed by atoms with Gasteiger partial charge in [-0.3, -0.25) is 0 Å². The van der Waals surface area contributed by atoms with Crippen LogP contribution in [0.25, 0.3) is 0 Å². The van der Waals surface area contributed by atoms with Gasteiger partial charge < -0.3 is 24.9 Å². The van der Waals surface area contributed by atoms with Crippen molar-refractivity contribution in [3.8, 4) is 0 Å². The number of benzene rings is 2. The normalized spacial score (nSPS) is 14.5. The molecule has 0 unspecified atom stereocenters. The summed E-state index contributed by atoms with van der Waals surface area (Å²) in [6.45, 7) is 2.95. The second kappa shape index (κ2) is 7.31. The van der Waals surface area contributed by atoms with Crippen molar-refractivity contribution in [3.05, 3.63) is 59.4 Å². The molecule has 3 rings (SSSR count). The number of carbonyl (C=O) groups is 1. The molecule has 1 aliphatic heterocycles. The number of hydrogen-bond donors (Lipinski definition) is 1. The average molecular weight is 329 g/mol. The summed E-state index contributed by atoms with van der Waals surface area (Å²) in [4.78, 5) is 13.5. The smallest absolute Gasteiger partial charge is 0.123 e. The van der Waals surface area contributed by atoms with Gasteiger partial charge in [0.2, 0.25) is 0 Å². The van der Waals surface area contributed by atoms with Crippen LogP contribution in [0, 0.1) is 5.82 Å². The zero-order valence-corrected chi connectivity index (χ0v) is 13.1.